The van der Waals surface area contributed by atoms with Crippen molar-refractivity contribution in [3.05, 3.63) is 24.4 Å². The summed E-state index contributed by atoms with van der Waals surface area (Å²) in [4.78, 5) is 12.2. The minimum Gasteiger partial charge on any atom is -0.396 e. The molecule has 0 aliphatic heterocycles. The van der Waals surface area contributed by atoms with E-state index in [9.17, 15) is 0 Å². The highest BCUT2D eigenvalue weighted by molar-refractivity contribution is 5.72. The van der Waals surface area contributed by atoms with Crippen LogP contribution in [0.25, 0.3) is 17.4 Å². The van der Waals surface area contributed by atoms with Gasteiger partial charge in [-0.15, -0.1) is 0 Å². The number of imidazole rings is 1. The lowest BCUT2D eigenvalue weighted by Crippen LogP contribution is -1.88. The van der Waals surface area contributed by atoms with Crippen molar-refractivity contribution in [3.8, 4) is 0 Å². The van der Waals surface area contributed by atoms with Gasteiger partial charge in [0, 0.05) is 18.7 Å². The molecule has 2 aromatic rings. The van der Waals surface area contributed by atoms with E-state index in [1.165, 1.54) is 11.9 Å². The van der Waals surface area contributed by atoms with E-state index in [-0.39, 0.29) is 6.61 Å². The van der Waals surface area contributed by atoms with Crippen LogP contribution in [0.2, 0.25) is 0 Å². The van der Waals surface area contributed by atoms with E-state index >= 15 is 0 Å². The van der Waals surface area contributed by atoms with E-state index in [4.69, 9.17) is 5.11 Å². The summed E-state index contributed by atoms with van der Waals surface area (Å²) in [5.41, 5.74) is 2.84. The van der Waals surface area contributed by atoms with Gasteiger partial charge in [-0.05, 0) is 12.0 Å². The fourth-order valence-electron chi connectivity index (χ4n) is 1.62. The highest BCUT2D eigenvalue weighted by Crippen LogP contribution is 2.37. The summed E-state index contributed by atoms with van der Waals surface area (Å²) in [5.74, 6) is 0.337. The fourth-order valence-corrected chi connectivity index (χ4v) is 1.62. The van der Waals surface area contributed by atoms with Crippen LogP contribution in [0.5, 0.6) is 0 Å². The van der Waals surface area contributed by atoms with Gasteiger partial charge in [0.05, 0.1) is 6.20 Å². The fraction of sp³-hybridized carbons (Fsp3) is 0.300. The summed E-state index contributed by atoms with van der Waals surface area (Å²) >= 11 is 0. The van der Waals surface area contributed by atoms with Crippen LogP contribution in [0.15, 0.2) is 24.4 Å². The normalized spacial score (nSPS) is 22.5. The summed E-state index contributed by atoms with van der Waals surface area (Å²) in [7, 11) is 0. The van der Waals surface area contributed by atoms with E-state index in [1.807, 2.05) is 10.8 Å². The summed E-state index contributed by atoms with van der Waals surface area (Å²) in [6, 6.07) is 0. The van der Waals surface area contributed by atoms with Gasteiger partial charge in [-0.1, -0.05) is 0 Å². The van der Waals surface area contributed by atoms with Crippen molar-refractivity contribution in [3.63, 3.8) is 0 Å². The first-order valence-corrected chi connectivity index (χ1v) is 4.82. The Labute approximate surface area is 86.1 Å². The molecule has 15 heavy (non-hydrogen) atoms. The molecule has 1 aliphatic rings. The van der Waals surface area contributed by atoms with Crippen LogP contribution in [0.3, 0.4) is 0 Å². The first-order chi connectivity index (χ1) is 7.38. The lowest BCUT2D eigenvalue weighted by atomic mass is 10.4. The van der Waals surface area contributed by atoms with E-state index in [0.29, 0.717) is 5.92 Å². The number of aliphatic hydroxyl groups is 1. The lowest BCUT2D eigenvalue weighted by Gasteiger charge is -1.93. The lowest BCUT2D eigenvalue weighted by molar-refractivity contribution is 0.281. The minimum atomic E-state index is 0.230. The molecular weight excluding hydrogens is 192 g/mol. The molecular formula is C10H10N4O. The van der Waals surface area contributed by atoms with E-state index in [1.54, 1.807) is 12.5 Å². The second-order valence-corrected chi connectivity index (χ2v) is 3.67. The molecule has 1 saturated carbocycles. The largest absolute Gasteiger partial charge is 0.396 e. The number of aromatic nitrogens is 4. The minimum absolute atomic E-state index is 0.230. The van der Waals surface area contributed by atoms with Gasteiger partial charge in [0.25, 0.3) is 0 Å². The Kier molecular flexibility index (Phi) is 1.78. The number of aliphatic hydroxyl groups excluding tert-OH is 1. The third kappa shape index (κ3) is 1.41. The Morgan fingerprint density at radius 2 is 2.47 bits per heavy atom. The number of hydrogen-bond donors (Lipinski definition) is 1. The third-order valence-corrected chi connectivity index (χ3v) is 2.61. The van der Waals surface area contributed by atoms with Crippen LogP contribution in [-0.4, -0.2) is 31.2 Å². The van der Waals surface area contributed by atoms with Crippen molar-refractivity contribution < 1.29 is 5.11 Å². The molecule has 1 unspecified atom stereocenters. The Morgan fingerprint density at radius 1 is 1.53 bits per heavy atom. The Morgan fingerprint density at radius 3 is 3.27 bits per heavy atom. The zero-order valence-electron chi connectivity index (χ0n) is 8.04. The molecule has 2 aromatic heterocycles. The highest BCUT2D eigenvalue weighted by atomic mass is 16.3. The zero-order valence-corrected chi connectivity index (χ0v) is 8.04. The molecule has 0 spiro atoms. The molecule has 1 atom stereocenters. The van der Waals surface area contributed by atoms with Gasteiger partial charge >= 0.3 is 0 Å². The van der Waals surface area contributed by atoms with Crippen LogP contribution in [0, 0.1) is 5.92 Å². The highest BCUT2D eigenvalue weighted by Gasteiger charge is 2.28. The van der Waals surface area contributed by atoms with Gasteiger partial charge in [0.15, 0.2) is 5.65 Å². The second-order valence-electron chi connectivity index (χ2n) is 3.67. The first kappa shape index (κ1) is 8.55. The predicted molar refractivity (Wildman–Crippen MR) is 54.8 cm³/mol. The van der Waals surface area contributed by atoms with Crippen LogP contribution in [0.1, 0.15) is 6.42 Å². The molecule has 76 valence electrons. The van der Waals surface area contributed by atoms with Gasteiger partial charge in [0.2, 0.25) is 0 Å². The van der Waals surface area contributed by atoms with Gasteiger partial charge in [-0.2, -0.15) is 0 Å². The number of hydrogen-bond acceptors (Lipinski definition) is 4. The number of nitrogens with zero attached hydrogens (tertiary/aromatic N) is 4. The molecule has 1 fully saturated rings. The molecule has 5 heteroatoms. The molecule has 0 aromatic carbocycles. The predicted octanol–water partition coefficient (Wildman–Crippen LogP) is 0.679. The van der Waals surface area contributed by atoms with Crippen LogP contribution >= 0.6 is 0 Å². The summed E-state index contributed by atoms with van der Waals surface area (Å²) in [5, 5.41) is 8.93. The quantitative estimate of drug-likeness (QED) is 0.777. The molecule has 0 bridgehead atoms. The maximum Gasteiger partial charge on any atom is 0.167 e. The Bertz CT molecular complexity index is 531. The van der Waals surface area contributed by atoms with Crippen molar-refractivity contribution in [2.45, 2.75) is 6.42 Å². The molecule has 3 rings (SSSR count). The standard InChI is InChI=1S/C10H10N4O/c15-4-8-1-7(8)3-14-6-13-9-2-11-5-12-10(9)14/h2-3,5-6,8,15H,1,4H2. The average molecular weight is 202 g/mol. The molecule has 1 N–H and O–H groups in total. The summed E-state index contributed by atoms with van der Waals surface area (Å²) in [6.07, 6.45) is 7.88. The van der Waals surface area contributed by atoms with Crippen LogP contribution in [-0.2, 0) is 0 Å². The SMILES string of the molecule is OCC1CC1=Cn1cnc2cncnc21. The maximum absolute atomic E-state index is 8.93. The smallest absolute Gasteiger partial charge is 0.167 e. The van der Waals surface area contributed by atoms with Gasteiger partial charge < -0.3 is 5.11 Å². The molecule has 0 radical (unpaired) electrons. The van der Waals surface area contributed by atoms with Crippen LogP contribution < -0.4 is 0 Å². The number of rotatable bonds is 2. The van der Waals surface area contributed by atoms with E-state index in [0.717, 1.165) is 17.6 Å². The number of fused-ring (bicyclic) bond motifs is 1. The first-order valence-electron chi connectivity index (χ1n) is 4.82. The van der Waals surface area contributed by atoms with Crippen molar-refractivity contribution in [2.75, 3.05) is 6.61 Å². The maximum atomic E-state index is 8.93. The van der Waals surface area contributed by atoms with Crippen molar-refractivity contribution >= 4 is 17.4 Å². The molecule has 0 amide bonds. The second kappa shape index (κ2) is 3.13. The third-order valence-electron chi connectivity index (χ3n) is 2.61. The van der Waals surface area contributed by atoms with Gasteiger partial charge in [-0.3, -0.25) is 4.57 Å². The monoisotopic (exact) mass is 202 g/mol. The topological polar surface area (TPSA) is 63.8 Å². The van der Waals surface area contributed by atoms with Crippen molar-refractivity contribution in [1.82, 2.24) is 19.5 Å². The van der Waals surface area contributed by atoms with Crippen molar-refractivity contribution in [1.29, 1.82) is 0 Å². The van der Waals surface area contributed by atoms with Gasteiger partial charge in [0.1, 0.15) is 18.2 Å². The zero-order chi connectivity index (χ0) is 10.3. The van der Waals surface area contributed by atoms with Crippen LogP contribution in [0.4, 0.5) is 0 Å². The molecule has 1 aliphatic carbocycles. The van der Waals surface area contributed by atoms with Gasteiger partial charge in [-0.25, -0.2) is 15.0 Å². The summed E-state index contributed by atoms with van der Waals surface area (Å²) < 4.78 is 1.88. The Balaban J connectivity index is 2.02. The van der Waals surface area contributed by atoms with E-state index < -0.39 is 0 Å². The molecule has 5 nitrogen and oxygen atoms in total. The molecule has 2 heterocycles. The van der Waals surface area contributed by atoms with E-state index in [2.05, 4.69) is 15.0 Å². The summed E-state index contributed by atoms with van der Waals surface area (Å²) in [6.45, 7) is 0.230. The van der Waals surface area contributed by atoms with Crippen molar-refractivity contribution in [2.24, 2.45) is 5.92 Å². The Hall–Kier alpha value is -1.75. The molecule has 0 saturated heterocycles. The average Bonchev–Trinajstić information content (AvgIpc) is 2.91.